The Morgan fingerprint density at radius 1 is 1.50 bits per heavy atom. The van der Waals surface area contributed by atoms with Crippen LogP contribution in [0.2, 0.25) is 0 Å². The number of methoxy groups -OCH3 is 1. The van der Waals surface area contributed by atoms with E-state index in [0.29, 0.717) is 5.92 Å². The van der Waals surface area contributed by atoms with Crippen LogP contribution in [0.3, 0.4) is 0 Å². The lowest BCUT2D eigenvalue weighted by Gasteiger charge is -2.40. The molecule has 2 heteroatoms. The molecule has 0 aliphatic carbocycles. The molecular weight excluding hydrogens is 198 g/mol. The van der Waals surface area contributed by atoms with Gasteiger partial charge in [-0.3, -0.25) is 0 Å². The molecule has 0 bridgehead atoms. The largest absolute Gasteiger partial charge is 0.496 e. The number of ether oxygens (including phenoxy) is 1. The fraction of sp³-hybridized carbons (Fsp3) is 0.571. The van der Waals surface area contributed by atoms with Gasteiger partial charge in [-0.1, -0.05) is 19.9 Å². The predicted molar refractivity (Wildman–Crippen MR) is 68.3 cm³/mol. The monoisotopic (exact) mass is 219 g/mol. The fourth-order valence-corrected chi connectivity index (χ4v) is 2.73. The Labute approximate surface area is 98.0 Å². The SMILES string of the molecule is CCC1(C)CC(C)c2c(cccc2OC)N1. The molecule has 88 valence electrons. The van der Waals surface area contributed by atoms with Gasteiger partial charge >= 0.3 is 0 Å². The standard InChI is InChI=1S/C14H21NO/c1-5-14(3)9-10(2)13-11(15-14)7-6-8-12(13)16-4/h6-8,10,15H,5,9H2,1-4H3. The summed E-state index contributed by atoms with van der Waals surface area (Å²) in [6.07, 6.45) is 2.31. The van der Waals surface area contributed by atoms with Crippen molar-refractivity contribution in [2.75, 3.05) is 12.4 Å². The lowest BCUT2D eigenvalue weighted by Crippen LogP contribution is -2.39. The highest BCUT2D eigenvalue weighted by Gasteiger charge is 2.33. The molecule has 2 unspecified atom stereocenters. The van der Waals surface area contributed by atoms with Crippen molar-refractivity contribution in [3.05, 3.63) is 23.8 Å². The average molecular weight is 219 g/mol. The normalized spacial score (nSPS) is 28.1. The molecule has 2 rings (SSSR count). The number of rotatable bonds is 2. The molecule has 0 aromatic heterocycles. The van der Waals surface area contributed by atoms with E-state index in [1.165, 1.54) is 11.3 Å². The van der Waals surface area contributed by atoms with E-state index in [2.05, 4.69) is 38.2 Å². The highest BCUT2D eigenvalue weighted by Crippen LogP contribution is 2.44. The van der Waals surface area contributed by atoms with E-state index in [0.717, 1.165) is 18.6 Å². The molecule has 1 aromatic carbocycles. The molecule has 0 radical (unpaired) electrons. The van der Waals surface area contributed by atoms with E-state index in [9.17, 15) is 0 Å². The van der Waals surface area contributed by atoms with Crippen molar-refractivity contribution in [1.82, 2.24) is 0 Å². The van der Waals surface area contributed by atoms with Crippen LogP contribution < -0.4 is 10.1 Å². The van der Waals surface area contributed by atoms with Gasteiger partial charge in [0.2, 0.25) is 0 Å². The number of nitrogens with one attached hydrogen (secondary N) is 1. The first-order valence-corrected chi connectivity index (χ1v) is 6.04. The van der Waals surface area contributed by atoms with Crippen LogP contribution in [0.1, 0.15) is 45.1 Å². The maximum atomic E-state index is 5.44. The molecular formula is C14H21NO. The van der Waals surface area contributed by atoms with E-state index in [-0.39, 0.29) is 5.54 Å². The van der Waals surface area contributed by atoms with Crippen LogP contribution in [0.5, 0.6) is 5.75 Å². The number of fused-ring (bicyclic) bond motifs is 1. The second-order valence-corrected chi connectivity index (χ2v) is 5.07. The van der Waals surface area contributed by atoms with Crippen LogP contribution in [-0.4, -0.2) is 12.6 Å². The zero-order valence-electron chi connectivity index (χ0n) is 10.6. The van der Waals surface area contributed by atoms with E-state index in [4.69, 9.17) is 4.74 Å². The summed E-state index contributed by atoms with van der Waals surface area (Å²) in [7, 11) is 1.75. The molecule has 0 saturated heterocycles. The van der Waals surface area contributed by atoms with E-state index in [1.54, 1.807) is 7.11 Å². The van der Waals surface area contributed by atoms with Crippen LogP contribution in [0.25, 0.3) is 0 Å². The summed E-state index contributed by atoms with van der Waals surface area (Å²) in [5, 5.41) is 3.65. The quantitative estimate of drug-likeness (QED) is 0.817. The molecule has 0 spiro atoms. The van der Waals surface area contributed by atoms with Gasteiger partial charge in [-0.05, 0) is 37.8 Å². The second kappa shape index (κ2) is 4.00. The summed E-state index contributed by atoms with van der Waals surface area (Å²) < 4.78 is 5.44. The number of anilines is 1. The van der Waals surface area contributed by atoms with Crippen LogP contribution in [0.15, 0.2) is 18.2 Å². The Morgan fingerprint density at radius 3 is 2.88 bits per heavy atom. The van der Waals surface area contributed by atoms with Crippen molar-refractivity contribution in [3.8, 4) is 5.75 Å². The van der Waals surface area contributed by atoms with Crippen molar-refractivity contribution >= 4 is 5.69 Å². The average Bonchev–Trinajstić information content (AvgIpc) is 2.27. The van der Waals surface area contributed by atoms with Gasteiger partial charge in [0.05, 0.1) is 7.11 Å². The first-order chi connectivity index (χ1) is 7.59. The highest BCUT2D eigenvalue weighted by atomic mass is 16.5. The summed E-state index contributed by atoms with van der Waals surface area (Å²) in [6, 6.07) is 6.26. The third-order valence-electron chi connectivity index (χ3n) is 3.75. The molecule has 0 amide bonds. The van der Waals surface area contributed by atoms with Crippen molar-refractivity contribution < 1.29 is 4.74 Å². The summed E-state index contributed by atoms with van der Waals surface area (Å²) in [4.78, 5) is 0. The minimum absolute atomic E-state index is 0.221. The fourth-order valence-electron chi connectivity index (χ4n) is 2.73. The maximum Gasteiger partial charge on any atom is 0.124 e. The summed E-state index contributed by atoms with van der Waals surface area (Å²) in [5.74, 6) is 1.56. The van der Waals surface area contributed by atoms with E-state index in [1.807, 2.05) is 6.07 Å². The molecule has 1 aliphatic rings. The van der Waals surface area contributed by atoms with Crippen LogP contribution in [0.4, 0.5) is 5.69 Å². The van der Waals surface area contributed by atoms with Crippen molar-refractivity contribution in [2.24, 2.45) is 0 Å². The van der Waals surface area contributed by atoms with Gasteiger partial charge in [-0.2, -0.15) is 0 Å². The van der Waals surface area contributed by atoms with E-state index < -0.39 is 0 Å². The number of hydrogen-bond acceptors (Lipinski definition) is 2. The molecule has 1 aliphatic heterocycles. The van der Waals surface area contributed by atoms with Gasteiger partial charge in [0, 0.05) is 16.8 Å². The summed E-state index contributed by atoms with van der Waals surface area (Å²) >= 11 is 0. The Balaban J connectivity index is 2.45. The Kier molecular flexibility index (Phi) is 2.83. The van der Waals surface area contributed by atoms with Gasteiger partial charge in [-0.25, -0.2) is 0 Å². The second-order valence-electron chi connectivity index (χ2n) is 5.07. The molecule has 1 heterocycles. The van der Waals surface area contributed by atoms with E-state index >= 15 is 0 Å². The molecule has 0 fully saturated rings. The maximum absolute atomic E-state index is 5.44. The number of benzene rings is 1. The molecule has 1 aromatic rings. The highest BCUT2D eigenvalue weighted by molar-refractivity contribution is 5.62. The molecule has 2 nitrogen and oxygen atoms in total. The molecule has 0 saturated carbocycles. The topological polar surface area (TPSA) is 21.3 Å². The first kappa shape index (κ1) is 11.3. The first-order valence-electron chi connectivity index (χ1n) is 6.04. The molecule has 16 heavy (non-hydrogen) atoms. The Morgan fingerprint density at radius 2 is 2.25 bits per heavy atom. The van der Waals surface area contributed by atoms with Crippen molar-refractivity contribution in [3.63, 3.8) is 0 Å². The van der Waals surface area contributed by atoms with Gasteiger partial charge in [0.25, 0.3) is 0 Å². The minimum atomic E-state index is 0.221. The Hall–Kier alpha value is -1.18. The van der Waals surface area contributed by atoms with Gasteiger partial charge in [0.1, 0.15) is 5.75 Å². The van der Waals surface area contributed by atoms with Crippen molar-refractivity contribution in [2.45, 2.75) is 45.1 Å². The minimum Gasteiger partial charge on any atom is -0.496 e. The predicted octanol–water partition coefficient (Wildman–Crippen LogP) is 3.78. The van der Waals surface area contributed by atoms with Gasteiger partial charge in [-0.15, -0.1) is 0 Å². The summed E-state index contributed by atoms with van der Waals surface area (Å²) in [6.45, 7) is 6.83. The van der Waals surface area contributed by atoms with Crippen LogP contribution in [0, 0.1) is 0 Å². The molecule has 2 atom stereocenters. The van der Waals surface area contributed by atoms with Crippen LogP contribution >= 0.6 is 0 Å². The lowest BCUT2D eigenvalue weighted by molar-refractivity contribution is 0.376. The van der Waals surface area contributed by atoms with Crippen molar-refractivity contribution in [1.29, 1.82) is 0 Å². The Bertz CT molecular complexity index is 388. The molecule has 1 N–H and O–H groups in total. The zero-order chi connectivity index (χ0) is 11.8. The zero-order valence-corrected chi connectivity index (χ0v) is 10.6. The number of hydrogen-bond donors (Lipinski definition) is 1. The van der Waals surface area contributed by atoms with Crippen LogP contribution in [-0.2, 0) is 0 Å². The van der Waals surface area contributed by atoms with Gasteiger partial charge < -0.3 is 10.1 Å². The lowest BCUT2D eigenvalue weighted by atomic mass is 9.79. The summed E-state index contributed by atoms with van der Waals surface area (Å²) in [5.41, 5.74) is 2.79. The third kappa shape index (κ3) is 1.77. The van der Waals surface area contributed by atoms with Gasteiger partial charge in [0.15, 0.2) is 0 Å². The smallest absolute Gasteiger partial charge is 0.124 e. The third-order valence-corrected chi connectivity index (χ3v) is 3.75.